The van der Waals surface area contributed by atoms with Crippen LogP contribution < -0.4 is 0 Å². The fraction of sp³-hybridized carbons (Fsp3) is 0.0769. The fourth-order valence-electron chi connectivity index (χ4n) is 9.62. The van der Waals surface area contributed by atoms with Crippen LogP contribution in [0.5, 0.6) is 0 Å². The summed E-state index contributed by atoms with van der Waals surface area (Å²) in [6.45, 7) is 4.29. The van der Waals surface area contributed by atoms with Crippen LogP contribution in [0.2, 0.25) is 0 Å². The van der Waals surface area contributed by atoms with Gasteiger partial charge in [-0.3, -0.25) is 0 Å². The third-order valence-electron chi connectivity index (χ3n) is 12.7. The number of thiophene rings is 2. The summed E-state index contributed by atoms with van der Waals surface area (Å²) in [5, 5.41) is 0. The van der Waals surface area contributed by atoms with Crippen LogP contribution in [0.1, 0.15) is 46.2 Å². The molecule has 1 unspecified atom stereocenters. The number of rotatable bonds is 4. The van der Waals surface area contributed by atoms with Crippen LogP contribution in [0.15, 0.2) is 126 Å². The van der Waals surface area contributed by atoms with Gasteiger partial charge >= 0.3 is 0 Å². The van der Waals surface area contributed by atoms with Gasteiger partial charge < -0.3 is 0 Å². The van der Waals surface area contributed by atoms with E-state index in [1.54, 1.807) is 11.3 Å². The molecule has 318 valence electrons. The molecular formula is C65H30N2S3. The lowest BCUT2D eigenvalue weighted by Crippen LogP contribution is -2.21. The van der Waals surface area contributed by atoms with Crippen molar-refractivity contribution < 1.29 is 0 Å². The zero-order chi connectivity index (χ0) is 47.6. The van der Waals surface area contributed by atoms with Crippen LogP contribution in [0.3, 0.4) is 0 Å². The molecule has 2 nitrogen and oxygen atoms in total. The molecule has 0 amide bonds. The molecule has 4 aliphatic rings. The number of nitrogens with zero attached hydrogens (tertiary/aromatic N) is 2. The minimum Gasteiger partial charge on any atom is -0.172 e. The van der Waals surface area contributed by atoms with Crippen molar-refractivity contribution in [3.8, 4) is 172 Å². The van der Waals surface area contributed by atoms with Crippen LogP contribution in [0, 0.1) is 126 Å². The molecule has 1 atom stereocenters. The third kappa shape index (κ3) is 7.65. The summed E-state index contributed by atoms with van der Waals surface area (Å²) in [6, 6.07) is 30.8. The zero-order valence-corrected chi connectivity index (χ0v) is 40.0. The molecule has 0 N–H and O–H groups in total. The highest BCUT2D eigenvalue weighted by Crippen LogP contribution is 2.53. The normalized spacial score (nSPS) is 13.9. The molecular weight excluding hydrogens is 905 g/mol. The summed E-state index contributed by atoms with van der Waals surface area (Å²) >= 11 is 4.77. The molecule has 4 aromatic carbocycles. The van der Waals surface area contributed by atoms with E-state index in [4.69, 9.17) is 21.6 Å². The second-order valence-corrected chi connectivity index (χ2v) is 19.2. The quantitative estimate of drug-likeness (QED) is 0.164. The Bertz CT molecular complexity index is 4180. The smallest absolute Gasteiger partial charge is 0.145 e. The first-order valence-electron chi connectivity index (χ1n) is 22.1. The van der Waals surface area contributed by atoms with E-state index in [0.29, 0.717) is 5.92 Å². The first kappa shape index (κ1) is 43.2. The largest absolute Gasteiger partial charge is 0.172 e. The lowest BCUT2D eigenvalue weighted by molar-refractivity contribution is 0.873. The van der Waals surface area contributed by atoms with Gasteiger partial charge in [-0.1, -0.05) is 102 Å². The van der Waals surface area contributed by atoms with Crippen molar-refractivity contribution in [2.75, 3.05) is 0 Å². The maximum absolute atomic E-state index is 5.21. The maximum atomic E-state index is 5.21. The van der Waals surface area contributed by atoms with Crippen LogP contribution >= 0.6 is 34.4 Å². The van der Waals surface area contributed by atoms with Crippen molar-refractivity contribution in [3.05, 3.63) is 159 Å². The number of aryl methyl sites for hydroxylation is 1. The zero-order valence-electron chi connectivity index (χ0n) is 37.5. The van der Waals surface area contributed by atoms with Crippen LogP contribution in [0.25, 0.3) is 70.0 Å². The molecule has 0 saturated carbocycles. The van der Waals surface area contributed by atoms with Crippen LogP contribution in [-0.4, -0.2) is 8.75 Å². The lowest BCUT2D eigenvalue weighted by Gasteiger charge is -2.35. The van der Waals surface area contributed by atoms with Gasteiger partial charge in [0, 0.05) is 36.6 Å². The van der Waals surface area contributed by atoms with Gasteiger partial charge in [-0.2, -0.15) is 8.75 Å². The van der Waals surface area contributed by atoms with Gasteiger partial charge in [-0.25, -0.2) is 0 Å². The van der Waals surface area contributed by atoms with E-state index >= 15 is 0 Å². The monoisotopic (exact) mass is 934 g/mol. The van der Waals surface area contributed by atoms with E-state index in [-0.39, 0.29) is 0 Å². The predicted molar refractivity (Wildman–Crippen MR) is 291 cm³/mol. The molecule has 0 aliphatic heterocycles. The Morgan fingerprint density at radius 1 is 0.543 bits per heavy atom. The highest BCUT2D eigenvalue weighted by atomic mass is 32.1. The van der Waals surface area contributed by atoms with Crippen molar-refractivity contribution >= 4 is 51.5 Å². The Morgan fingerprint density at radius 2 is 1.09 bits per heavy atom. The summed E-state index contributed by atoms with van der Waals surface area (Å²) in [5.41, 5.74) is 18.6. The summed E-state index contributed by atoms with van der Waals surface area (Å²) in [7, 11) is 0. The first-order chi connectivity index (χ1) is 34.5. The Kier molecular flexibility index (Phi) is 11.4. The Labute approximate surface area is 420 Å². The van der Waals surface area contributed by atoms with Crippen LogP contribution in [-0.2, 0) is 11.8 Å². The first-order valence-corrected chi connectivity index (χ1v) is 24.4. The van der Waals surface area contributed by atoms with E-state index in [1.807, 2.05) is 11.3 Å². The average molecular weight is 935 g/mol. The van der Waals surface area contributed by atoms with E-state index < -0.39 is 5.41 Å². The van der Waals surface area contributed by atoms with Crippen molar-refractivity contribution in [3.63, 3.8) is 0 Å². The van der Waals surface area contributed by atoms with Crippen molar-refractivity contribution in [1.82, 2.24) is 8.75 Å². The highest BCUT2D eigenvalue weighted by molar-refractivity contribution is 7.19. The predicted octanol–water partition coefficient (Wildman–Crippen LogP) is 12.8. The number of allylic oxidation sites excluding steroid dienone is 7. The SMILES string of the molecule is C#CC#CC#CC#CC#CC1(C#CC#CC#CC#CC#C)c2cc(C)ccc2-c2ccc(-c3ccc(-c4ccc(-c5ccc(-c6ccc7c8c6C=CC6=CC=C(C)C(=CC7)C68)s5)c5nsnc45)s3)cc21. The molecule has 11 rings (SSSR count). The molecule has 3 heterocycles. The van der Waals surface area contributed by atoms with Gasteiger partial charge in [-0.15, -0.1) is 35.5 Å². The fourth-order valence-corrected chi connectivity index (χ4v) is 12.3. The Balaban J connectivity index is 0.941. The Hall–Kier alpha value is -9.34. The number of hydrogen-bond acceptors (Lipinski definition) is 5. The van der Waals surface area contributed by atoms with Gasteiger partial charge in [0.15, 0.2) is 0 Å². The van der Waals surface area contributed by atoms with Gasteiger partial charge in [0.2, 0.25) is 0 Å². The number of hydrogen-bond donors (Lipinski definition) is 0. The van der Waals surface area contributed by atoms with E-state index in [0.717, 1.165) is 71.7 Å². The number of terminal acetylenes is 2. The summed E-state index contributed by atoms with van der Waals surface area (Å²) in [4.78, 5) is 4.59. The van der Waals surface area contributed by atoms with Gasteiger partial charge in [0.1, 0.15) is 16.4 Å². The molecule has 0 fully saturated rings. The topological polar surface area (TPSA) is 25.8 Å². The van der Waals surface area contributed by atoms with E-state index in [9.17, 15) is 0 Å². The van der Waals surface area contributed by atoms with E-state index in [2.05, 4.69) is 236 Å². The highest BCUT2D eigenvalue weighted by Gasteiger charge is 2.42. The van der Waals surface area contributed by atoms with Crippen LogP contribution in [0.4, 0.5) is 0 Å². The van der Waals surface area contributed by atoms with Crippen molar-refractivity contribution in [2.24, 2.45) is 0 Å². The second kappa shape index (κ2) is 18.4. The molecule has 70 heavy (non-hydrogen) atoms. The molecule has 3 aromatic heterocycles. The molecule has 0 radical (unpaired) electrons. The maximum Gasteiger partial charge on any atom is 0.145 e. The number of fused-ring (bicyclic) bond motifs is 4. The molecule has 4 aliphatic carbocycles. The van der Waals surface area contributed by atoms with Crippen molar-refractivity contribution in [2.45, 2.75) is 31.6 Å². The standard InChI is InChI=1S/C65H30N2S3/c1-5-7-9-11-13-15-17-19-39-65(40-20-18-16-14-12-10-8-6-2)55-41-43(3)21-28-49(55)50-30-27-47(42-56(50)65)57-35-36-59(68-57)53-33-34-54(64-63(53)66-70-67-64)60-38-37-58(69-60)51-31-25-46-24-29-48-44(4)22-23-45-26-32-52(51)62(46)61(45)48/h1-2,21-23,25-38,41-42,61H,24H2,3-4H3. The molecule has 7 aromatic rings. The lowest BCUT2D eigenvalue weighted by atomic mass is 9.68. The molecule has 0 saturated heterocycles. The summed E-state index contributed by atoms with van der Waals surface area (Å²) < 4.78 is 9.78. The van der Waals surface area contributed by atoms with Gasteiger partial charge in [0.25, 0.3) is 0 Å². The third-order valence-corrected chi connectivity index (χ3v) is 15.5. The Morgan fingerprint density at radius 3 is 1.74 bits per heavy atom. The number of aromatic nitrogens is 2. The molecule has 5 heteroatoms. The second-order valence-electron chi connectivity index (χ2n) is 16.5. The van der Waals surface area contributed by atoms with E-state index in [1.165, 1.54) is 60.5 Å². The average Bonchev–Trinajstić information content (AvgIpc) is 4.22. The minimum atomic E-state index is -1.07. The summed E-state index contributed by atoms with van der Waals surface area (Å²) in [6.07, 6.45) is 23.0. The van der Waals surface area contributed by atoms with Crippen molar-refractivity contribution in [1.29, 1.82) is 0 Å². The number of benzene rings is 4. The molecule has 0 bridgehead atoms. The minimum absolute atomic E-state index is 0.312. The summed E-state index contributed by atoms with van der Waals surface area (Å²) in [5.74, 6) is 49.8. The molecule has 0 spiro atoms. The van der Waals surface area contributed by atoms with Gasteiger partial charge in [0.05, 0.1) is 11.7 Å². The van der Waals surface area contributed by atoms with Gasteiger partial charge in [-0.05, 0) is 212 Å².